The standard InChI is InChI=1S/C17H22O2S/c1-2-3-4-5-6-7-8-9-10-11-12-13-14-15-20-16-17(18)19/h2-5,8-9,12,15-16H2,1H3,(H,18,19). The Balaban J connectivity index is 3.45. The topological polar surface area (TPSA) is 37.3 Å². The summed E-state index contributed by atoms with van der Waals surface area (Å²) in [6.45, 7) is 2.19. The molecule has 0 aliphatic rings. The van der Waals surface area contributed by atoms with Crippen molar-refractivity contribution in [1.82, 2.24) is 0 Å². The lowest BCUT2D eigenvalue weighted by Crippen LogP contribution is -1.97. The maximum Gasteiger partial charge on any atom is 0.313 e. The van der Waals surface area contributed by atoms with Crippen molar-refractivity contribution < 1.29 is 9.90 Å². The molecule has 0 radical (unpaired) electrons. The van der Waals surface area contributed by atoms with Gasteiger partial charge in [-0.25, -0.2) is 0 Å². The summed E-state index contributed by atoms with van der Waals surface area (Å²) >= 11 is 1.30. The van der Waals surface area contributed by atoms with E-state index >= 15 is 0 Å². The average Bonchev–Trinajstić information content (AvgIpc) is 2.43. The van der Waals surface area contributed by atoms with E-state index in [1.807, 2.05) is 0 Å². The Morgan fingerprint density at radius 2 is 1.60 bits per heavy atom. The summed E-state index contributed by atoms with van der Waals surface area (Å²) in [6, 6.07) is 0. The van der Waals surface area contributed by atoms with Gasteiger partial charge in [-0.15, -0.1) is 29.5 Å². The van der Waals surface area contributed by atoms with Crippen LogP contribution in [0.5, 0.6) is 0 Å². The van der Waals surface area contributed by atoms with Crippen LogP contribution >= 0.6 is 11.8 Å². The number of rotatable bonds is 7. The summed E-state index contributed by atoms with van der Waals surface area (Å²) < 4.78 is 0. The molecule has 0 aromatic carbocycles. The van der Waals surface area contributed by atoms with Crippen LogP contribution in [-0.4, -0.2) is 22.6 Å². The van der Waals surface area contributed by atoms with Crippen LogP contribution in [0.1, 0.15) is 51.9 Å². The van der Waals surface area contributed by atoms with Crippen molar-refractivity contribution in [3.05, 3.63) is 0 Å². The highest BCUT2D eigenvalue weighted by Crippen LogP contribution is 1.97. The van der Waals surface area contributed by atoms with Gasteiger partial charge in [0.2, 0.25) is 0 Å². The Morgan fingerprint density at radius 1 is 0.950 bits per heavy atom. The van der Waals surface area contributed by atoms with Crippen molar-refractivity contribution in [3.8, 4) is 35.5 Å². The molecular formula is C17H22O2S. The Kier molecular flexibility index (Phi) is 14.4. The first-order chi connectivity index (χ1) is 9.77. The lowest BCUT2D eigenvalue weighted by molar-refractivity contribution is -0.133. The molecule has 3 heteroatoms. The molecule has 0 unspecified atom stereocenters. The van der Waals surface area contributed by atoms with Crippen LogP contribution in [0.3, 0.4) is 0 Å². The van der Waals surface area contributed by atoms with Crippen LogP contribution in [0.4, 0.5) is 0 Å². The van der Waals surface area contributed by atoms with E-state index in [-0.39, 0.29) is 5.75 Å². The van der Waals surface area contributed by atoms with E-state index in [1.165, 1.54) is 31.0 Å². The smallest absolute Gasteiger partial charge is 0.313 e. The quantitative estimate of drug-likeness (QED) is 0.575. The zero-order chi connectivity index (χ0) is 14.9. The Bertz CT molecular complexity index is 435. The van der Waals surface area contributed by atoms with Crippen LogP contribution in [-0.2, 0) is 4.79 Å². The molecule has 0 bridgehead atoms. The van der Waals surface area contributed by atoms with Gasteiger partial charge in [-0.3, -0.25) is 4.79 Å². The highest BCUT2D eigenvalue weighted by molar-refractivity contribution is 8.00. The number of hydrogen-bond acceptors (Lipinski definition) is 2. The van der Waals surface area contributed by atoms with E-state index in [0.717, 1.165) is 19.3 Å². The third kappa shape index (κ3) is 16.5. The molecular weight excluding hydrogens is 268 g/mol. The second kappa shape index (κ2) is 15.6. The van der Waals surface area contributed by atoms with Crippen LogP contribution in [0, 0.1) is 35.5 Å². The Morgan fingerprint density at radius 3 is 2.30 bits per heavy atom. The summed E-state index contributed by atoms with van der Waals surface area (Å²) in [5.41, 5.74) is 0. The van der Waals surface area contributed by atoms with Gasteiger partial charge in [-0.05, 0) is 6.42 Å². The van der Waals surface area contributed by atoms with Gasteiger partial charge in [0, 0.05) is 19.3 Å². The highest BCUT2D eigenvalue weighted by Gasteiger charge is 1.92. The van der Waals surface area contributed by atoms with Crippen molar-refractivity contribution in [2.75, 3.05) is 11.5 Å². The van der Waals surface area contributed by atoms with E-state index in [4.69, 9.17) is 5.11 Å². The number of carbonyl (C=O) groups is 1. The molecule has 0 amide bonds. The maximum absolute atomic E-state index is 10.2. The van der Waals surface area contributed by atoms with Crippen molar-refractivity contribution in [1.29, 1.82) is 0 Å². The predicted molar refractivity (Wildman–Crippen MR) is 86.3 cm³/mol. The third-order valence-corrected chi connectivity index (χ3v) is 3.03. The fraction of sp³-hybridized carbons (Fsp3) is 0.588. The minimum atomic E-state index is -0.799. The first kappa shape index (κ1) is 18.5. The lowest BCUT2D eigenvalue weighted by atomic mass is 10.2. The number of hydrogen-bond donors (Lipinski definition) is 1. The van der Waals surface area contributed by atoms with E-state index in [1.54, 1.807) is 0 Å². The maximum atomic E-state index is 10.2. The summed E-state index contributed by atoms with van der Waals surface area (Å²) in [5.74, 6) is 18.0. The third-order valence-electron chi connectivity index (χ3n) is 2.23. The number of carboxylic acids is 1. The predicted octanol–water partition coefficient (Wildman–Crippen LogP) is 3.57. The first-order valence-electron chi connectivity index (χ1n) is 6.94. The van der Waals surface area contributed by atoms with Gasteiger partial charge in [0.1, 0.15) is 0 Å². The molecule has 0 spiro atoms. The molecule has 0 saturated heterocycles. The molecule has 0 heterocycles. The van der Waals surface area contributed by atoms with Crippen LogP contribution in [0.15, 0.2) is 0 Å². The van der Waals surface area contributed by atoms with Crippen LogP contribution in [0.2, 0.25) is 0 Å². The molecule has 20 heavy (non-hydrogen) atoms. The molecule has 108 valence electrons. The molecule has 0 aromatic heterocycles. The average molecular weight is 290 g/mol. The Labute approximate surface area is 127 Å². The minimum Gasteiger partial charge on any atom is -0.481 e. The minimum absolute atomic E-state index is 0.108. The van der Waals surface area contributed by atoms with Gasteiger partial charge >= 0.3 is 5.97 Å². The second-order valence-corrected chi connectivity index (χ2v) is 5.07. The SMILES string of the molecule is CCCCCC#CCCC#CCC#CCSCC(=O)O. The summed E-state index contributed by atoms with van der Waals surface area (Å²) in [5, 5.41) is 8.41. The van der Waals surface area contributed by atoms with Gasteiger partial charge in [-0.2, -0.15) is 0 Å². The van der Waals surface area contributed by atoms with Gasteiger partial charge in [0.05, 0.1) is 17.9 Å². The molecule has 1 N–H and O–H groups in total. The number of thioether (sulfide) groups is 1. The normalized spacial score (nSPS) is 8.45. The Hall–Kier alpha value is -1.50. The first-order valence-corrected chi connectivity index (χ1v) is 8.09. The van der Waals surface area contributed by atoms with Gasteiger partial charge in [0.25, 0.3) is 0 Å². The number of carboxylic acid groups (broad SMARTS) is 1. The van der Waals surface area contributed by atoms with Crippen LogP contribution < -0.4 is 0 Å². The van der Waals surface area contributed by atoms with Crippen molar-refractivity contribution in [2.24, 2.45) is 0 Å². The van der Waals surface area contributed by atoms with E-state index < -0.39 is 5.97 Å². The van der Waals surface area contributed by atoms with Gasteiger partial charge < -0.3 is 5.11 Å². The van der Waals surface area contributed by atoms with Gasteiger partial charge in [0.15, 0.2) is 0 Å². The van der Waals surface area contributed by atoms with Crippen LogP contribution in [0.25, 0.3) is 0 Å². The highest BCUT2D eigenvalue weighted by atomic mass is 32.2. The largest absolute Gasteiger partial charge is 0.481 e. The molecule has 0 atom stereocenters. The molecule has 0 rings (SSSR count). The second-order valence-electron chi connectivity index (χ2n) is 4.08. The fourth-order valence-electron chi connectivity index (χ4n) is 1.26. The monoisotopic (exact) mass is 290 g/mol. The van der Waals surface area contributed by atoms with Crippen molar-refractivity contribution in [2.45, 2.75) is 51.9 Å². The number of aliphatic carboxylic acids is 1. The molecule has 2 nitrogen and oxygen atoms in total. The van der Waals surface area contributed by atoms with Crippen molar-refractivity contribution >= 4 is 17.7 Å². The van der Waals surface area contributed by atoms with E-state index in [2.05, 4.69) is 42.4 Å². The van der Waals surface area contributed by atoms with Gasteiger partial charge in [-0.1, -0.05) is 37.5 Å². The number of unbranched alkanes of at least 4 members (excludes halogenated alkanes) is 4. The molecule has 0 aromatic rings. The van der Waals surface area contributed by atoms with E-state index in [0.29, 0.717) is 12.2 Å². The molecule has 0 fully saturated rings. The summed E-state index contributed by atoms with van der Waals surface area (Å²) in [7, 11) is 0. The summed E-state index contributed by atoms with van der Waals surface area (Å²) in [6.07, 6.45) is 6.89. The molecule has 0 aliphatic heterocycles. The molecule has 0 saturated carbocycles. The zero-order valence-electron chi connectivity index (χ0n) is 12.1. The zero-order valence-corrected chi connectivity index (χ0v) is 12.9. The lowest BCUT2D eigenvalue weighted by Gasteiger charge is -1.88. The fourth-order valence-corrected chi connectivity index (χ4v) is 1.74. The van der Waals surface area contributed by atoms with Crippen molar-refractivity contribution in [3.63, 3.8) is 0 Å². The summed E-state index contributed by atoms with van der Waals surface area (Å²) in [4.78, 5) is 10.2. The van der Waals surface area contributed by atoms with E-state index in [9.17, 15) is 4.79 Å². The molecule has 0 aliphatic carbocycles.